The maximum absolute atomic E-state index is 3.65. The second-order valence-electron chi connectivity index (χ2n) is 7.13. The quantitative estimate of drug-likeness (QED) is 0.835. The standard InChI is InChI=1S/C17H34N2/c1-5-18-15-10-11-19(14(4)12-15)17-9-7-6-8-16(17)13(2)3/h13-18H,5-12H2,1-4H3. The predicted molar refractivity (Wildman–Crippen MR) is 83.5 cm³/mol. The Morgan fingerprint density at radius 1 is 1.16 bits per heavy atom. The molecule has 2 rings (SSSR count). The first-order valence-corrected chi connectivity index (χ1v) is 8.62. The summed E-state index contributed by atoms with van der Waals surface area (Å²) in [5.41, 5.74) is 0. The molecule has 1 N–H and O–H groups in total. The maximum Gasteiger partial charge on any atom is 0.0129 e. The van der Waals surface area contributed by atoms with Gasteiger partial charge >= 0.3 is 0 Å². The monoisotopic (exact) mass is 266 g/mol. The summed E-state index contributed by atoms with van der Waals surface area (Å²) in [6.07, 6.45) is 8.51. The third-order valence-corrected chi connectivity index (χ3v) is 5.48. The molecule has 2 aliphatic rings. The van der Waals surface area contributed by atoms with Crippen molar-refractivity contribution in [3.63, 3.8) is 0 Å². The second-order valence-corrected chi connectivity index (χ2v) is 7.13. The molecule has 112 valence electrons. The van der Waals surface area contributed by atoms with Crippen molar-refractivity contribution < 1.29 is 0 Å². The number of nitrogens with zero attached hydrogens (tertiary/aromatic N) is 1. The molecule has 0 aromatic rings. The molecule has 0 aromatic heterocycles. The van der Waals surface area contributed by atoms with Crippen LogP contribution in [-0.4, -0.2) is 36.1 Å². The molecule has 1 heterocycles. The molecule has 0 radical (unpaired) electrons. The fourth-order valence-electron chi connectivity index (χ4n) is 4.49. The zero-order chi connectivity index (χ0) is 13.8. The lowest BCUT2D eigenvalue weighted by molar-refractivity contribution is 0.0213. The van der Waals surface area contributed by atoms with Gasteiger partial charge < -0.3 is 5.32 Å². The number of rotatable bonds is 4. The SMILES string of the molecule is CCNC1CCN(C2CCCCC2C(C)C)C(C)C1. The molecule has 0 spiro atoms. The highest BCUT2D eigenvalue weighted by molar-refractivity contribution is 4.91. The molecule has 0 aromatic carbocycles. The predicted octanol–water partition coefficient (Wildman–Crippen LogP) is 3.66. The topological polar surface area (TPSA) is 15.3 Å². The molecule has 1 aliphatic heterocycles. The first-order chi connectivity index (χ1) is 9.13. The van der Waals surface area contributed by atoms with Crippen molar-refractivity contribution in [2.24, 2.45) is 11.8 Å². The maximum atomic E-state index is 3.65. The van der Waals surface area contributed by atoms with E-state index in [9.17, 15) is 0 Å². The number of likely N-dealkylation sites (tertiary alicyclic amines) is 1. The van der Waals surface area contributed by atoms with E-state index in [4.69, 9.17) is 0 Å². The van der Waals surface area contributed by atoms with Crippen molar-refractivity contribution in [1.29, 1.82) is 0 Å². The molecule has 2 fully saturated rings. The minimum absolute atomic E-state index is 0.761. The van der Waals surface area contributed by atoms with Crippen LogP contribution in [0.25, 0.3) is 0 Å². The Bertz CT molecular complexity index is 264. The number of hydrogen-bond acceptors (Lipinski definition) is 2. The van der Waals surface area contributed by atoms with Gasteiger partial charge in [-0.15, -0.1) is 0 Å². The van der Waals surface area contributed by atoms with E-state index >= 15 is 0 Å². The van der Waals surface area contributed by atoms with E-state index in [1.165, 1.54) is 45.1 Å². The molecule has 0 bridgehead atoms. The Kier molecular flexibility index (Phi) is 5.70. The molecule has 1 saturated carbocycles. The van der Waals surface area contributed by atoms with Crippen LogP contribution in [-0.2, 0) is 0 Å². The molecular weight excluding hydrogens is 232 g/mol. The number of hydrogen-bond donors (Lipinski definition) is 1. The van der Waals surface area contributed by atoms with Crippen molar-refractivity contribution in [2.45, 2.75) is 84.3 Å². The highest BCUT2D eigenvalue weighted by atomic mass is 15.2. The third kappa shape index (κ3) is 3.72. The van der Waals surface area contributed by atoms with Gasteiger partial charge in [-0.2, -0.15) is 0 Å². The molecule has 4 atom stereocenters. The summed E-state index contributed by atoms with van der Waals surface area (Å²) in [6, 6.07) is 2.39. The summed E-state index contributed by atoms with van der Waals surface area (Å²) in [4.78, 5) is 2.86. The van der Waals surface area contributed by atoms with Gasteiger partial charge in [-0.1, -0.05) is 33.6 Å². The minimum atomic E-state index is 0.761. The van der Waals surface area contributed by atoms with Gasteiger partial charge in [-0.3, -0.25) is 4.90 Å². The normalized spacial score (nSPS) is 37.7. The van der Waals surface area contributed by atoms with Gasteiger partial charge in [-0.25, -0.2) is 0 Å². The van der Waals surface area contributed by atoms with E-state index in [0.29, 0.717) is 0 Å². The van der Waals surface area contributed by atoms with Gasteiger partial charge in [0.05, 0.1) is 0 Å². The lowest BCUT2D eigenvalue weighted by Crippen LogP contribution is -2.54. The summed E-state index contributed by atoms with van der Waals surface area (Å²) < 4.78 is 0. The Labute approximate surface area is 120 Å². The van der Waals surface area contributed by atoms with Gasteiger partial charge in [0.15, 0.2) is 0 Å². The minimum Gasteiger partial charge on any atom is -0.314 e. The summed E-state index contributed by atoms with van der Waals surface area (Å²) in [7, 11) is 0. The van der Waals surface area contributed by atoms with Gasteiger partial charge in [0.2, 0.25) is 0 Å². The molecular formula is C17H34N2. The van der Waals surface area contributed by atoms with Crippen LogP contribution in [0, 0.1) is 11.8 Å². The van der Waals surface area contributed by atoms with Crippen LogP contribution in [0.3, 0.4) is 0 Å². The zero-order valence-electron chi connectivity index (χ0n) is 13.5. The van der Waals surface area contributed by atoms with Crippen LogP contribution in [0.1, 0.15) is 66.2 Å². The average molecular weight is 266 g/mol. The van der Waals surface area contributed by atoms with E-state index in [0.717, 1.165) is 36.5 Å². The first kappa shape index (κ1) is 15.3. The van der Waals surface area contributed by atoms with E-state index in [2.05, 4.69) is 37.9 Å². The van der Waals surface area contributed by atoms with Crippen LogP contribution in [0.5, 0.6) is 0 Å². The Morgan fingerprint density at radius 2 is 1.89 bits per heavy atom. The van der Waals surface area contributed by atoms with E-state index in [1.807, 2.05) is 0 Å². The smallest absolute Gasteiger partial charge is 0.0129 e. The van der Waals surface area contributed by atoms with Gasteiger partial charge in [0.1, 0.15) is 0 Å². The summed E-state index contributed by atoms with van der Waals surface area (Å²) >= 11 is 0. The van der Waals surface area contributed by atoms with Crippen molar-refractivity contribution >= 4 is 0 Å². The van der Waals surface area contributed by atoms with Crippen molar-refractivity contribution in [3.05, 3.63) is 0 Å². The van der Waals surface area contributed by atoms with Gasteiger partial charge in [0.25, 0.3) is 0 Å². The fourth-order valence-corrected chi connectivity index (χ4v) is 4.49. The Balaban J connectivity index is 1.96. The molecule has 0 amide bonds. The van der Waals surface area contributed by atoms with Crippen LogP contribution in [0.15, 0.2) is 0 Å². The summed E-state index contributed by atoms with van der Waals surface area (Å²) in [5.74, 6) is 1.79. The third-order valence-electron chi connectivity index (χ3n) is 5.48. The molecule has 1 saturated heterocycles. The zero-order valence-corrected chi connectivity index (χ0v) is 13.5. The van der Waals surface area contributed by atoms with Crippen LogP contribution in [0.2, 0.25) is 0 Å². The number of nitrogens with one attached hydrogen (secondary N) is 1. The summed E-state index contributed by atoms with van der Waals surface area (Å²) in [6.45, 7) is 12.0. The largest absolute Gasteiger partial charge is 0.314 e. The van der Waals surface area contributed by atoms with Crippen LogP contribution < -0.4 is 5.32 Å². The second kappa shape index (κ2) is 7.08. The van der Waals surface area contributed by atoms with Crippen molar-refractivity contribution in [1.82, 2.24) is 10.2 Å². The first-order valence-electron chi connectivity index (χ1n) is 8.62. The fraction of sp³-hybridized carbons (Fsp3) is 1.00. The molecule has 4 unspecified atom stereocenters. The highest BCUT2D eigenvalue weighted by Gasteiger charge is 2.36. The Morgan fingerprint density at radius 3 is 2.53 bits per heavy atom. The van der Waals surface area contributed by atoms with Gasteiger partial charge in [-0.05, 0) is 51.0 Å². The van der Waals surface area contributed by atoms with Crippen LogP contribution in [0.4, 0.5) is 0 Å². The number of piperidine rings is 1. The van der Waals surface area contributed by atoms with Gasteiger partial charge in [0, 0.05) is 24.7 Å². The van der Waals surface area contributed by atoms with E-state index < -0.39 is 0 Å². The van der Waals surface area contributed by atoms with Crippen molar-refractivity contribution in [3.8, 4) is 0 Å². The molecule has 2 nitrogen and oxygen atoms in total. The Hall–Kier alpha value is -0.0800. The molecule has 19 heavy (non-hydrogen) atoms. The highest BCUT2D eigenvalue weighted by Crippen LogP contribution is 2.36. The van der Waals surface area contributed by atoms with Crippen LogP contribution >= 0.6 is 0 Å². The van der Waals surface area contributed by atoms with E-state index in [-0.39, 0.29) is 0 Å². The lowest BCUT2D eigenvalue weighted by atomic mass is 9.76. The molecule has 1 aliphatic carbocycles. The lowest BCUT2D eigenvalue weighted by Gasteiger charge is -2.48. The average Bonchev–Trinajstić information content (AvgIpc) is 2.39. The molecule has 2 heteroatoms. The summed E-state index contributed by atoms with van der Waals surface area (Å²) in [5, 5.41) is 3.65. The van der Waals surface area contributed by atoms with Crippen molar-refractivity contribution in [2.75, 3.05) is 13.1 Å². The van der Waals surface area contributed by atoms with E-state index in [1.54, 1.807) is 0 Å².